The van der Waals surface area contributed by atoms with E-state index in [0.29, 0.717) is 11.3 Å². The first kappa shape index (κ1) is 20.8. The number of nitrogens with zero attached hydrogens (tertiary/aromatic N) is 5. The molecule has 0 radical (unpaired) electrons. The molecule has 1 aliphatic carbocycles. The fourth-order valence-electron chi connectivity index (χ4n) is 4.68. The molecule has 0 aliphatic heterocycles. The van der Waals surface area contributed by atoms with Crippen LogP contribution >= 0.6 is 0 Å². The number of hydrogen-bond donors (Lipinski definition) is 1. The summed E-state index contributed by atoms with van der Waals surface area (Å²) in [5, 5.41) is 7.77. The number of aryl methyl sites for hydroxylation is 1. The minimum atomic E-state index is -3.64. The molecule has 166 valence electrons. The van der Waals surface area contributed by atoms with E-state index < -0.39 is 10.0 Å². The van der Waals surface area contributed by atoms with Crippen molar-refractivity contribution in [2.75, 3.05) is 0 Å². The molecule has 1 N–H and O–H groups in total. The third-order valence-electron chi connectivity index (χ3n) is 6.29. The molecule has 9 heteroatoms. The molecule has 3 heterocycles. The van der Waals surface area contributed by atoms with E-state index in [1.807, 2.05) is 52.6 Å². The average Bonchev–Trinajstić information content (AvgIpc) is 3.50. The topological polar surface area (TPSA) is 94.2 Å². The Kier molecular flexibility index (Phi) is 5.52. The van der Waals surface area contributed by atoms with E-state index >= 15 is 0 Å². The lowest BCUT2D eigenvalue weighted by molar-refractivity contribution is 0.305. The van der Waals surface area contributed by atoms with E-state index in [-0.39, 0.29) is 12.1 Å². The van der Waals surface area contributed by atoms with Crippen molar-refractivity contribution < 1.29 is 8.42 Å². The summed E-state index contributed by atoms with van der Waals surface area (Å²) in [6, 6.07) is 9.66. The molecule has 1 aromatic carbocycles. The summed E-state index contributed by atoms with van der Waals surface area (Å²) in [4.78, 5) is 4.80. The summed E-state index contributed by atoms with van der Waals surface area (Å²) in [7, 11) is -3.64. The molecule has 1 saturated carbocycles. The fraction of sp³-hybridized carbons (Fsp3) is 0.348. The Balaban J connectivity index is 1.41. The van der Waals surface area contributed by atoms with Gasteiger partial charge in [-0.25, -0.2) is 18.1 Å². The Morgan fingerprint density at radius 3 is 2.78 bits per heavy atom. The van der Waals surface area contributed by atoms with Crippen molar-refractivity contribution in [2.24, 2.45) is 0 Å². The summed E-state index contributed by atoms with van der Waals surface area (Å²) in [5.41, 5.74) is 3.59. The summed E-state index contributed by atoms with van der Waals surface area (Å²) >= 11 is 0. The summed E-state index contributed by atoms with van der Waals surface area (Å²) in [6.07, 6.45) is 13.2. The zero-order valence-corrected chi connectivity index (χ0v) is 18.7. The first-order valence-corrected chi connectivity index (χ1v) is 12.4. The minimum Gasteiger partial charge on any atom is -0.317 e. The largest absolute Gasteiger partial charge is 0.317 e. The van der Waals surface area contributed by atoms with Gasteiger partial charge in [0.15, 0.2) is 0 Å². The molecular formula is C23H26N6O2S. The molecule has 0 amide bonds. The number of fused-ring (bicyclic) bond motifs is 1. The summed E-state index contributed by atoms with van der Waals surface area (Å²) in [5.74, 6) is 0. The summed E-state index contributed by atoms with van der Waals surface area (Å²) in [6.45, 7) is 1.98. The normalized spacial score (nSPS) is 19.4. The van der Waals surface area contributed by atoms with Crippen LogP contribution in [-0.2, 0) is 16.4 Å². The molecule has 0 unspecified atom stereocenters. The van der Waals surface area contributed by atoms with Gasteiger partial charge in [0.25, 0.3) is 0 Å². The van der Waals surface area contributed by atoms with Gasteiger partial charge in [0, 0.05) is 36.2 Å². The second kappa shape index (κ2) is 8.48. The van der Waals surface area contributed by atoms with E-state index in [4.69, 9.17) is 0 Å². The maximum atomic E-state index is 13.3. The van der Waals surface area contributed by atoms with Gasteiger partial charge >= 0.3 is 0 Å². The lowest BCUT2D eigenvalue weighted by atomic mass is 9.91. The van der Waals surface area contributed by atoms with Crippen molar-refractivity contribution in [3.63, 3.8) is 0 Å². The van der Waals surface area contributed by atoms with E-state index in [1.54, 1.807) is 24.9 Å². The Bertz CT molecular complexity index is 1330. The Labute approximate surface area is 187 Å². The van der Waals surface area contributed by atoms with Crippen LogP contribution in [0.3, 0.4) is 0 Å². The molecular weight excluding hydrogens is 424 g/mol. The van der Waals surface area contributed by atoms with Gasteiger partial charge in [0.05, 0.1) is 4.90 Å². The maximum Gasteiger partial charge on any atom is 0.241 e. The molecule has 3 aromatic heterocycles. The van der Waals surface area contributed by atoms with Crippen LogP contribution in [0.4, 0.5) is 0 Å². The van der Waals surface area contributed by atoms with E-state index in [9.17, 15) is 8.42 Å². The Morgan fingerprint density at radius 1 is 1.12 bits per heavy atom. The predicted octanol–water partition coefficient (Wildman–Crippen LogP) is 3.62. The quantitative estimate of drug-likeness (QED) is 0.484. The van der Waals surface area contributed by atoms with Gasteiger partial charge < -0.3 is 8.97 Å². The van der Waals surface area contributed by atoms with Gasteiger partial charge in [0.1, 0.15) is 18.3 Å². The highest BCUT2D eigenvalue weighted by Gasteiger charge is 2.28. The highest BCUT2D eigenvalue weighted by molar-refractivity contribution is 7.89. The van der Waals surface area contributed by atoms with Crippen LogP contribution in [0.5, 0.6) is 0 Å². The molecule has 1 fully saturated rings. The van der Waals surface area contributed by atoms with Crippen LogP contribution in [0.25, 0.3) is 16.8 Å². The third-order valence-corrected chi connectivity index (χ3v) is 7.91. The lowest BCUT2D eigenvalue weighted by Crippen LogP contribution is -2.39. The van der Waals surface area contributed by atoms with Crippen LogP contribution in [0.1, 0.15) is 44.2 Å². The molecule has 2 atom stereocenters. The van der Waals surface area contributed by atoms with Crippen molar-refractivity contribution >= 4 is 15.7 Å². The number of aromatic nitrogens is 5. The zero-order chi connectivity index (χ0) is 22.1. The van der Waals surface area contributed by atoms with Crippen LogP contribution in [-0.4, -0.2) is 38.6 Å². The highest BCUT2D eigenvalue weighted by atomic mass is 32.2. The summed E-state index contributed by atoms with van der Waals surface area (Å²) < 4.78 is 33.6. The monoisotopic (exact) mass is 450 g/mol. The molecule has 8 nitrogen and oxygen atoms in total. The van der Waals surface area contributed by atoms with Crippen molar-refractivity contribution in [3.05, 3.63) is 67.1 Å². The number of nitrogens with one attached hydrogen (secondary N) is 1. The van der Waals surface area contributed by atoms with Crippen molar-refractivity contribution in [1.29, 1.82) is 0 Å². The molecule has 1 aliphatic rings. The molecule has 0 bridgehead atoms. The second-order valence-electron chi connectivity index (χ2n) is 8.30. The smallest absolute Gasteiger partial charge is 0.241 e. The third kappa shape index (κ3) is 3.93. The molecule has 0 spiro atoms. The zero-order valence-electron chi connectivity index (χ0n) is 17.9. The number of hydrogen-bond acceptors (Lipinski definition) is 5. The SMILES string of the molecule is CCc1cc(-c2cccn3ccnc23)ccc1S(=O)(=O)N[C@H]1CCC[C@@H](n2cnnc2)C1. The molecule has 5 rings (SSSR count). The Morgan fingerprint density at radius 2 is 1.97 bits per heavy atom. The molecule has 32 heavy (non-hydrogen) atoms. The second-order valence-corrected chi connectivity index (χ2v) is 9.99. The van der Waals surface area contributed by atoms with Gasteiger partial charge in [-0.2, -0.15) is 0 Å². The number of imidazole rings is 1. The van der Waals surface area contributed by atoms with Gasteiger partial charge in [-0.1, -0.05) is 13.0 Å². The van der Waals surface area contributed by atoms with Crippen LogP contribution in [0.15, 0.2) is 66.5 Å². The molecule has 0 saturated heterocycles. The number of benzene rings is 1. The van der Waals surface area contributed by atoms with E-state index in [1.165, 1.54) is 0 Å². The van der Waals surface area contributed by atoms with E-state index in [0.717, 1.165) is 48.0 Å². The van der Waals surface area contributed by atoms with Crippen LogP contribution in [0.2, 0.25) is 0 Å². The van der Waals surface area contributed by atoms with Gasteiger partial charge in [-0.05, 0) is 67.5 Å². The lowest BCUT2D eigenvalue weighted by Gasteiger charge is -2.30. The molecule has 4 aromatic rings. The number of sulfonamides is 1. The minimum absolute atomic E-state index is 0.107. The predicted molar refractivity (Wildman–Crippen MR) is 122 cm³/mol. The van der Waals surface area contributed by atoms with Gasteiger partial charge in [0.2, 0.25) is 10.0 Å². The first-order chi connectivity index (χ1) is 15.5. The Hall–Kier alpha value is -3.04. The van der Waals surface area contributed by atoms with Crippen LogP contribution < -0.4 is 4.72 Å². The standard InChI is InChI=1S/C23H26N6O2S/c1-2-17-13-18(21-7-4-11-28-12-10-24-23(21)28)8-9-22(17)32(30,31)27-19-5-3-6-20(14-19)29-15-25-26-16-29/h4,7-13,15-16,19-20,27H,2-3,5-6,14H2,1H3/t19-,20+/m0/s1. The van der Waals surface area contributed by atoms with Crippen molar-refractivity contribution in [3.8, 4) is 11.1 Å². The van der Waals surface area contributed by atoms with Crippen LogP contribution in [0, 0.1) is 0 Å². The first-order valence-electron chi connectivity index (χ1n) is 11.0. The fourth-order valence-corrected chi connectivity index (χ4v) is 6.26. The number of rotatable bonds is 6. The van der Waals surface area contributed by atoms with E-state index in [2.05, 4.69) is 19.9 Å². The average molecular weight is 451 g/mol. The van der Waals surface area contributed by atoms with Crippen molar-refractivity contribution in [1.82, 2.24) is 28.9 Å². The van der Waals surface area contributed by atoms with Crippen molar-refractivity contribution in [2.45, 2.75) is 56.0 Å². The highest BCUT2D eigenvalue weighted by Crippen LogP contribution is 2.31. The maximum absolute atomic E-state index is 13.3. The van der Waals surface area contributed by atoms with Gasteiger partial charge in [-0.3, -0.25) is 0 Å². The van der Waals surface area contributed by atoms with Gasteiger partial charge in [-0.15, -0.1) is 10.2 Å². The number of pyridine rings is 1.